The van der Waals surface area contributed by atoms with Crippen molar-refractivity contribution in [3.8, 4) is 0 Å². The number of halogens is 1. The van der Waals surface area contributed by atoms with Crippen molar-refractivity contribution in [1.29, 1.82) is 0 Å². The van der Waals surface area contributed by atoms with Crippen LogP contribution in [0.1, 0.15) is 29.5 Å². The number of carbonyl (C=O) groups excluding carboxylic acids is 1. The molecule has 1 aromatic heterocycles. The van der Waals surface area contributed by atoms with E-state index in [0.717, 1.165) is 36.0 Å². The Morgan fingerprint density at radius 1 is 1.17 bits per heavy atom. The number of carbonyl (C=O) groups is 1. The highest BCUT2D eigenvalue weighted by Crippen LogP contribution is 2.50. The molecule has 24 heavy (non-hydrogen) atoms. The van der Waals surface area contributed by atoms with Gasteiger partial charge in [0.2, 0.25) is 5.91 Å². The fourth-order valence-electron chi connectivity index (χ4n) is 3.63. The SMILES string of the molecule is Cn1cc2c(cc1=O)CCN(C(=O)C1(c3ccc(Cl)cc3)CC1)C2. The molecule has 2 heterocycles. The van der Waals surface area contributed by atoms with Gasteiger partial charge in [-0.3, -0.25) is 9.59 Å². The van der Waals surface area contributed by atoms with Crippen LogP contribution in [0.2, 0.25) is 5.02 Å². The zero-order valence-corrected chi connectivity index (χ0v) is 14.3. The fourth-order valence-corrected chi connectivity index (χ4v) is 3.76. The molecule has 4 nitrogen and oxygen atoms in total. The Hall–Kier alpha value is -2.07. The van der Waals surface area contributed by atoms with Crippen LogP contribution < -0.4 is 5.56 Å². The average molecular weight is 343 g/mol. The minimum Gasteiger partial charge on any atom is -0.337 e. The molecule has 1 aliphatic carbocycles. The molecule has 0 N–H and O–H groups in total. The van der Waals surface area contributed by atoms with E-state index in [2.05, 4.69) is 0 Å². The molecule has 0 radical (unpaired) electrons. The molecule has 1 aromatic carbocycles. The van der Waals surface area contributed by atoms with Crippen molar-refractivity contribution in [2.24, 2.45) is 7.05 Å². The predicted octanol–water partition coefficient (Wildman–Crippen LogP) is 2.66. The Morgan fingerprint density at radius 3 is 2.54 bits per heavy atom. The fraction of sp³-hybridized carbons (Fsp3) is 0.368. The average Bonchev–Trinajstić information content (AvgIpc) is 3.37. The van der Waals surface area contributed by atoms with Gasteiger partial charge >= 0.3 is 0 Å². The lowest BCUT2D eigenvalue weighted by atomic mass is 9.92. The number of aromatic nitrogens is 1. The molecule has 0 bridgehead atoms. The molecule has 0 atom stereocenters. The molecule has 0 saturated heterocycles. The van der Waals surface area contributed by atoms with Crippen molar-refractivity contribution in [2.75, 3.05) is 6.54 Å². The van der Waals surface area contributed by atoms with Crippen molar-refractivity contribution in [2.45, 2.75) is 31.2 Å². The topological polar surface area (TPSA) is 42.3 Å². The summed E-state index contributed by atoms with van der Waals surface area (Å²) >= 11 is 5.97. The maximum atomic E-state index is 13.2. The summed E-state index contributed by atoms with van der Waals surface area (Å²) in [5.41, 5.74) is 2.83. The van der Waals surface area contributed by atoms with Gasteiger partial charge in [-0.05, 0) is 48.1 Å². The second-order valence-electron chi connectivity index (χ2n) is 6.84. The van der Waals surface area contributed by atoms with Gasteiger partial charge in [-0.2, -0.15) is 0 Å². The first-order valence-electron chi connectivity index (χ1n) is 8.23. The van der Waals surface area contributed by atoms with Crippen LogP contribution >= 0.6 is 11.6 Å². The van der Waals surface area contributed by atoms with Gasteiger partial charge < -0.3 is 9.47 Å². The number of rotatable bonds is 2. The molecule has 4 rings (SSSR count). The van der Waals surface area contributed by atoms with Crippen LogP contribution in [-0.4, -0.2) is 21.9 Å². The van der Waals surface area contributed by atoms with E-state index in [1.165, 1.54) is 0 Å². The summed E-state index contributed by atoms with van der Waals surface area (Å²) in [7, 11) is 1.75. The van der Waals surface area contributed by atoms with Crippen molar-refractivity contribution < 1.29 is 4.79 Å². The smallest absolute Gasteiger partial charge is 0.250 e. The summed E-state index contributed by atoms with van der Waals surface area (Å²) in [5, 5.41) is 0.690. The van der Waals surface area contributed by atoms with Crippen molar-refractivity contribution >= 4 is 17.5 Å². The number of hydrogen-bond donors (Lipinski definition) is 0. The molecule has 1 saturated carbocycles. The third-order valence-electron chi connectivity index (χ3n) is 5.26. The molecular formula is C19H19ClN2O2. The molecule has 1 fully saturated rings. The van der Waals surface area contributed by atoms with Gasteiger partial charge in [0.1, 0.15) is 0 Å². The summed E-state index contributed by atoms with van der Waals surface area (Å²) in [6.45, 7) is 1.26. The van der Waals surface area contributed by atoms with Gasteiger partial charge in [0, 0.05) is 37.4 Å². The first-order valence-corrected chi connectivity index (χ1v) is 8.61. The maximum absolute atomic E-state index is 13.2. The summed E-state index contributed by atoms with van der Waals surface area (Å²) in [6, 6.07) is 9.34. The van der Waals surface area contributed by atoms with E-state index in [0.29, 0.717) is 18.1 Å². The molecule has 1 aliphatic heterocycles. The van der Waals surface area contributed by atoms with E-state index >= 15 is 0 Å². The highest BCUT2D eigenvalue weighted by Gasteiger charge is 2.53. The van der Waals surface area contributed by atoms with Crippen LogP contribution in [0.3, 0.4) is 0 Å². The van der Waals surface area contributed by atoms with Gasteiger partial charge in [0.15, 0.2) is 0 Å². The Labute approximate surface area is 145 Å². The minimum atomic E-state index is -0.372. The van der Waals surface area contributed by atoms with Crippen molar-refractivity contribution in [3.63, 3.8) is 0 Å². The van der Waals surface area contributed by atoms with Crippen LogP contribution in [-0.2, 0) is 30.2 Å². The molecule has 2 aromatic rings. The third-order valence-corrected chi connectivity index (χ3v) is 5.51. The normalized spacial score (nSPS) is 18.2. The standard InChI is InChI=1S/C19H19ClN2O2/c1-21-11-14-12-22(9-6-13(14)10-17(21)23)18(24)19(7-8-19)15-2-4-16(20)5-3-15/h2-5,10-11H,6-9,12H2,1H3. The van der Waals surface area contributed by atoms with E-state index < -0.39 is 0 Å². The largest absolute Gasteiger partial charge is 0.337 e. The van der Waals surface area contributed by atoms with Gasteiger partial charge in [0.25, 0.3) is 5.56 Å². The lowest BCUT2D eigenvalue weighted by Crippen LogP contribution is -2.42. The number of benzene rings is 1. The highest BCUT2D eigenvalue weighted by molar-refractivity contribution is 6.30. The summed E-state index contributed by atoms with van der Waals surface area (Å²) in [5.74, 6) is 0.198. The molecular weight excluding hydrogens is 324 g/mol. The van der Waals surface area contributed by atoms with Gasteiger partial charge in [-0.1, -0.05) is 23.7 Å². The second kappa shape index (κ2) is 5.49. The Balaban J connectivity index is 1.60. The lowest BCUT2D eigenvalue weighted by molar-refractivity contribution is -0.134. The number of fused-ring (bicyclic) bond motifs is 1. The van der Waals surface area contributed by atoms with E-state index in [4.69, 9.17) is 11.6 Å². The zero-order chi connectivity index (χ0) is 16.9. The number of pyridine rings is 1. The lowest BCUT2D eigenvalue weighted by Gasteiger charge is -2.32. The molecule has 0 spiro atoms. The van der Waals surface area contributed by atoms with Crippen LogP contribution in [0.25, 0.3) is 0 Å². The first kappa shape index (κ1) is 15.5. The summed E-state index contributed by atoms with van der Waals surface area (Å²) in [4.78, 5) is 26.9. The van der Waals surface area contributed by atoms with E-state index in [-0.39, 0.29) is 16.9 Å². The monoisotopic (exact) mass is 342 g/mol. The number of amides is 1. The van der Waals surface area contributed by atoms with Gasteiger partial charge in [-0.25, -0.2) is 0 Å². The maximum Gasteiger partial charge on any atom is 0.250 e. The van der Waals surface area contributed by atoms with E-state index in [9.17, 15) is 9.59 Å². The second-order valence-corrected chi connectivity index (χ2v) is 7.28. The zero-order valence-electron chi connectivity index (χ0n) is 13.6. The molecule has 1 amide bonds. The third kappa shape index (κ3) is 2.46. The van der Waals surface area contributed by atoms with Crippen molar-refractivity contribution in [3.05, 3.63) is 68.6 Å². The Morgan fingerprint density at radius 2 is 1.88 bits per heavy atom. The number of nitrogens with zero attached hydrogens (tertiary/aromatic N) is 2. The summed E-state index contributed by atoms with van der Waals surface area (Å²) < 4.78 is 1.58. The molecule has 5 heteroatoms. The Kier molecular flexibility index (Phi) is 3.53. The molecule has 124 valence electrons. The van der Waals surface area contributed by atoms with Crippen LogP contribution in [0.4, 0.5) is 0 Å². The molecule has 2 aliphatic rings. The van der Waals surface area contributed by atoms with Crippen LogP contribution in [0, 0.1) is 0 Å². The Bertz CT molecular complexity index is 866. The van der Waals surface area contributed by atoms with Crippen LogP contribution in [0.15, 0.2) is 41.3 Å². The minimum absolute atomic E-state index is 0.00774. The van der Waals surface area contributed by atoms with E-state index in [1.807, 2.05) is 35.4 Å². The molecule has 0 unspecified atom stereocenters. The number of aryl methyl sites for hydroxylation is 1. The van der Waals surface area contributed by atoms with Crippen LogP contribution in [0.5, 0.6) is 0 Å². The van der Waals surface area contributed by atoms with E-state index in [1.54, 1.807) is 17.7 Å². The van der Waals surface area contributed by atoms with Gasteiger partial charge in [0.05, 0.1) is 5.41 Å². The highest BCUT2D eigenvalue weighted by atomic mass is 35.5. The first-order chi connectivity index (χ1) is 11.5. The predicted molar refractivity (Wildman–Crippen MR) is 93.2 cm³/mol. The number of hydrogen-bond acceptors (Lipinski definition) is 2. The summed E-state index contributed by atoms with van der Waals surface area (Å²) in [6.07, 6.45) is 4.39. The van der Waals surface area contributed by atoms with Crippen molar-refractivity contribution in [1.82, 2.24) is 9.47 Å². The van der Waals surface area contributed by atoms with Gasteiger partial charge in [-0.15, -0.1) is 0 Å². The quantitative estimate of drug-likeness (QED) is 0.842.